The summed E-state index contributed by atoms with van der Waals surface area (Å²) in [5, 5.41) is 0. The molecule has 0 aromatic heterocycles. The van der Waals surface area contributed by atoms with E-state index in [9.17, 15) is 4.79 Å². The SMILES string of the molecule is Cc1ccc(N)cc1C(=O)OC1CCCOC1. The minimum atomic E-state index is -0.315. The number of ether oxygens (including phenoxy) is 2. The Morgan fingerprint density at radius 1 is 1.53 bits per heavy atom. The number of hydrogen-bond donors (Lipinski definition) is 1. The smallest absolute Gasteiger partial charge is 0.338 e. The van der Waals surface area contributed by atoms with E-state index in [2.05, 4.69) is 0 Å². The normalized spacial score (nSPS) is 19.9. The molecular weight excluding hydrogens is 218 g/mol. The number of esters is 1. The third-order valence-corrected chi connectivity index (χ3v) is 2.87. The van der Waals surface area contributed by atoms with Gasteiger partial charge in [-0.15, -0.1) is 0 Å². The summed E-state index contributed by atoms with van der Waals surface area (Å²) in [6, 6.07) is 5.25. The second-order valence-electron chi connectivity index (χ2n) is 4.32. The summed E-state index contributed by atoms with van der Waals surface area (Å²) < 4.78 is 10.7. The Morgan fingerprint density at radius 2 is 2.35 bits per heavy atom. The number of hydrogen-bond acceptors (Lipinski definition) is 4. The van der Waals surface area contributed by atoms with Crippen molar-refractivity contribution >= 4 is 11.7 Å². The molecule has 0 amide bonds. The first kappa shape index (κ1) is 11.9. The lowest BCUT2D eigenvalue weighted by Gasteiger charge is -2.22. The fraction of sp³-hybridized carbons (Fsp3) is 0.462. The number of nitrogens with two attached hydrogens (primary N) is 1. The third kappa shape index (κ3) is 2.97. The van der Waals surface area contributed by atoms with Crippen LogP contribution in [0, 0.1) is 6.92 Å². The van der Waals surface area contributed by atoms with Crippen LogP contribution in [0.4, 0.5) is 5.69 Å². The lowest BCUT2D eigenvalue weighted by atomic mass is 10.1. The van der Waals surface area contributed by atoms with Crippen molar-refractivity contribution in [2.24, 2.45) is 0 Å². The zero-order valence-corrected chi connectivity index (χ0v) is 9.94. The lowest BCUT2D eigenvalue weighted by Crippen LogP contribution is -2.28. The molecule has 0 aliphatic carbocycles. The van der Waals surface area contributed by atoms with Crippen LogP contribution in [0.25, 0.3) is 0 Å². The molecule has 1 aromatic carbocycles. The molecule has 2 rings (SSSR count). The van der Waals surface area contributed by atoms with Gasteiger partial charge in [-0.3, -0.25) is 0 Å². The topological polar surface area (TPSA) is 61.6 Å². The summed E-state index contributed by atoms with van der Waals surface area (Å²) in [4.78, 5) is 12.0. The van der Waals surface area contributed by atoms with Gasteiger partial charge in [0.1, 0.15) is 6.10 Å². The molecule has 2 N–H and O–H groups in total. The molecule has 4 heteroatoms. The van der Waals surface area contributed by atoms with Gasteiger partial charge in [0.25, 0.3) is 0 Å². The Labute approximate surface area is 101 Å². The van der Waals surface area contributed by atoms with Gasteiger partial charge in [0.2, 0.25) is 0 Å². The average Bonchev–Trinajstić information content (AvgIpc) is 2.33. The van der Waals surface area contributed by atoms with Gasteiger partial charge >= 0.3 is 5.97 Å². The number of benzene rings is 1. The molecule has 0 bridgehead atoms. The Hall–Kier alpha value is -1.55. The van der Waals surface area contributed by atoms with Gasteiger partial charge < -0.3 is 15.2 Å². The van der Waals surface area contributed by atoms with E-state index in [1.54, 1.807) is 12.1 Å². The summed E-state index contributed by atoms with van der Waals surface area (Å²) in [7, 11) is 0. The highest BCUT2D eigenvalue weighted by Crippen LogP contribution is 2.17. The first-order valence-electron chi connectivity index (χ1n) is 5.81. The van der Waals surface area contributed by atoms with Gasteiger partial charge in [-0.2, -0.15) is 0 Å². The molecule has 1 heterocycles. The van der Waals surface area contributed by atoms with Crippen LogP contribution in [-0.2, 0) is 9.47 Å². The second kappa shape index (κ2) is 5.19. The average molecular weight is 235 g/mol. The van der Waals surface area contributed by atoms with Crippen LogP contribution in [0.3, 0.4) is 0 Å². The number of nitrogen functional groups attached to an aromatic ring is 1. The molecular formula is C13H17NO3. The Morgan fingerprint density at radius 3 is 3.06 bits per heavy atom. The van der Waals surface area contributed by atoms with E-state index in [1.165, 1.54) is 0 Å². The highest BCUT2D eigenvalue weighted by Gasteiger charge is 2.20. The number of aryl methyl sites for hydroxylation is 1. The largest absolute Gasteiger partial charge is 0.456 e. The predicted molar refractivity (Wildman–Crippen MR) is 64.8 cm³/mol. The highest BCUT2D eigenvalue weighted by atomic mass is 16.6. The molecule has 17 heavy (non-hydrogen) atoms. The summed E-state index contributed by atoms with van der Waals surface area (Å²) in [5.41, 5.74) is 7.65. The molecule has 1 aliphatic rings. The van der Waals surface area contributed by atoms with E-state index >= 15 is 0 Å². The van der Waals surface area contributed by atoms with E-state index < -0.39 is 0 Å². The molecule has 1 saturated heterocycles. The van der Waals surface area contributed by atoms with Crippen molar-refractivity contribution in [3.63, 3.8) is 0 Å². The maximum Gasteiger partial charge on any atom is 0.338 e. The summed E-state index contributed by atoms with van der Waals surface area (Å²) >= 11 is 0. The zero-order chi connectivity index (χ0) is 12.3. The van der Waals surface area contributed by atoms with Crippen LogP contribution < -0.4 is 5.73 Å². The minimum Gasteiger partial charge on any atom is -0.456 e. The van der Waals surface area contributed by atoms with Crippen molar-refractivity contribution in [2.45, 2.75) is 25.9 Å². The Balaban J connectivity index is 2.05. The van der Waals surface area contributed by atoms with Crippen molar-refractivity contribution in [3.8, 4) is 0 Å². The van der Waals surface area contributed by atoms with Gasteiger partial charge in [-0.05, 0) is 37.5 Å². The monoisotopic (exact) mass is 235 g/mol. The van der Waals surface area contributed by atoms with Crippen LogP contribution in [-0.4, -0.2) is 25.3 Å². The first-order valence-corrected chi connectivity index (χ1v) is 5.81. The van der Waals surface area contributed by atoms with E-state index in [0.29, 0.717) is 17.9 Å². The second-order valence-corrected chi connectivity index (χ2v) is 4.32. The quantitative estimate of drug-likeness (QED) is 0.628. The Bertz CT molecular complexity index is 411. The van der Waals surface area contributed by atoms with Gasteiger partial charge in [-0.1, -0.05) is 6.07 Å². The number of rotatable bonds is 2. The van der Waals surface area contributed by atoms with Crippen molar-refractivity contribution in [2.75, 3.05) is 18.9 Å². The molecule has 1 fully saturated rings. The molecule has 0 saturated carbocycles. The van der Waals surface area contributed by atoms with E-state index in [1.807, 2.05) is 13.0 Å². The number of carbonyl (C=O) groups is 1. The number of carbonyl (C=O) groups excluding carboxylic acids is 1. The Kier molecular flexibility index (Phi) is 3.64. The van der Waals surface area contributed by atoms with Crippen molar-refractivity contribution < 1.29 is 14.3 Å². The summed E-state index contributed by atoms with van der Waals surface area (Å²) in [5.74, 6) is -0.315. The van der Waals surface area contributed by atoms with Gasteiger partial charge in [0.15, 0.2) is 0 Å². The maximum absolute atomic E-state index is 12.0. The van der Waals surface area contributed by atoms with Crippen molar-refractivity contribution in [1.82, 2.24) is 0 Å². The van der Waals surface area contributed by atoms with Crippen LogP contribution in [0.2, 0.25) is 0 Å². The van der Waals surface area contributed by atoms with Crippen LogP contribution in [0.15, 0.2) is 18.2 Å². The summed E-state index contributed by atoms with van der Waals surface area (Å²) in [6.07, 6.45) is 1.68. The minimum absolute atomic E-state index is 0.128. The van der Waals surface area contributed by atoms with Gasteiger partial charge in [-0.25, -0.2) is 4.79 Å². The third-order valence-electron chi connectivity index (χ3n) is 2.87. The maximum atomic E-state index is 12.0. The molecule has 92 valence electrons. The van der Waals surface area contributed by atoms with E-state index in [-0.39, 0.29) is 12.1 Å². The molecule has 1 aliphatic heterocycles. The molecule has 0 spiro atoms. The van der Waals surface area contributed by atoms with Crippen LogP contribution >= 0.6 is 0 Å². The summed E-state index contributed by atoms with van der Waals surface area (Å²) in [6.45, 7) is 3.12. The molecule has 1 aromatic rings. The van der Waals surface area contributed by atoms with Crippen LogP contribution in [0.1, 0.15) is 28.8 Å². The van der Waals surface area contributed by atoms with Gasteiger partial charge in [0.05, 0.1) is 12.2 Å². The van der Waals surface area contributed by atoms with Crippen LogP contribution in [0.5, 0.6) is 0 Å². The fourth-order valence-corrected chi connectivity index (χ4v) is 1.88. The first-order chi connectivity index (χ1) is 8.16. The van der Waals surface area contributed by atoms with E-state index in [4.69, 9.17) is 15.2 Å². The molecule has 1 unspecified atom stereocenters. The van der Waals surface area contributed by atoms with Gasteiger partial charge in [0, 0.05) is 12.3 Å². The number of anilines is 1. The van der Waals surface area contributed by atoms with Crippen molar-refractivity contribution in [3.05, 3.63) is 29.3 Å². The lowest BCUT2D eigenvalue weighted by molar-refractivity contribution is -0.0306. The highest BCUT2D eigenvalue weighted by molar-refractivity contribution is 5.92. The standard InChI is InChI=1S/C13H17NO3/c1-9-4-5-10(14)7-12(9)13(15)17-11-3-2-6-16-8-11/h4-5,7,11H,2-3,6,8,14H2,1H3. The molecule has 0 radical (unpaired) electrons. The van der Waals surface area contributed by atoms with Crippen molar-refractivity contribution in [1.29, 1.82) is 0 Å². The fourth-order valence-electron chi connectivity index (χ4n) is 1.88. The zero-order valence-electron chi connectivity index (χ0n) is 9.94. The molecule has 4 nitrogen and oxygen atoms in total. The molecule has 1 atom stereocenters. The van der Waals surface area contributed by atoms with E-state index in [0.717, 1.165) is 25.0 Å². The predicted octanol–water partition coefficient (Wildman–Crippen LogP) is 1.91.